The molecule has 0 aliphatic rings. The van der Waals surface area contributed by atoms with E-state index in [2.05, 4.69) is 22.1 Å². The molecule has 126 valence electrons. The molecule has 0 atom stereocenters. The average Bonchev–Trinajstić information content (AvgIpc) is 2.47. The summed E-state index contributed by atoms with van der Waals surface area (Å²) >= 11 is 11.8. The maximum absolute atomic E-state index is 11.9. The molecule has 0 bridgehead atoms. The molecule has 0 spiro atoms. The first kappa shape index (κ1) is 19.3. The molecule has 2 aromatic carbocycles. The summed E-state index contributed by atoms with van der Waals surface area (Å²) < 4.78 is 0. The number of primary amides is 2. The number of nitrogens with one attached hydrogen (secondary N) is 2. The first-order chi connectivity index (χ1) is 11.3. The van der Waals surface area contributed by atoms with Crippen molar-refractivity contribution in [2.24, 2.45) is 11.5 Å². The third-order valence-electron chi connectivity index (χ3n) is 2.45. The van der Waals surface area contributed by atoms with Gasteiger partial charge in [0.05, 0.1) is 15.6 Å². The quantitative estimate of drug-likeness (QED) is 0.650. The van der Waals surface area contributed by atoms with Crippen LogP contribution in [0.2, 0.25) is 10.0 Å². The summed E-state index contributed by atoms with van der Waals surface area (Å²) in [5, 5.41) is 5.06. The monoisotopic (exact) mass is 368 g/mol. The fraction of sp³-hybridized carbons (Fsp3) is 0. The molecule has 0 heterocycles. The predicted octanol–water partition coefficient (Wildman–Crippen LogP) is 2.98. The van der Waals surface area contributed by atoms with Gasteiger partial charge in [0, 0.05) is 5.69 Å². The van der Waals surface area contributed by atoms with E-state index in [0.29, 0.717) is 5.69 Å². The fourth-order valence-corrected chi connectivity index (χ4v) is 2.13. The Morgan fingerprint density at radius 2 is 1.33 bits per heavy atom. The lowest BCUT2D eigenvalue weighted by molar-refractivity contribution is 0.0967. The predicted molar refractivity (Wildman–Crippen MR) is 93.2 cm³/mol. The summed E-state index contributed by atoms with van der Waals surface area (Å²) in [6.07, 6.45) is 0. The Morgan fingerprint density at radius 1 is 0.833 bits per heavy atom. The summed E-state index contributed by atoms with van der Waals surface area (Å²) in [6, 6.07) is 11.9. The first-order valence-corrected chi connectivity index (χ1v) is 7.23. The number of rotatable bonds is 2. The molecule has 5 amide bonds. The molecular formula is C15H14Cl2N4O3. The third kappa shape index (κ3) is 6.55. The molecule has 9 heteroatoms. The zero-order valence-electron chi connectivity index (χ0n) is 12.3. The van der Waals surface area contributed by atoms with Gasteiger partial charge in [-0.2, -0.15) is 0 Å². The Balaban J connectivity index is 0.000000648. The summed E-state index contributed by atoms with van der Waals surface area (Å²) in [5.74, 6) is -0.658. The van der Waals surface area contributed by atoms with E-state index in [0.717, 1.165) is 0 Å². The van der Waals surface area contributed by atoms with Crippen LogP contribution < -0.4 is 22.1 Å². The minimum atomic E-state index is -0.833. The molecule has 0 unspecified atom stereocenters. The van der Waals surface area contributed by atoms with Crippen LogP contribution in [-0.2, 0) is 0 Å². The number of benzene rings is 2. The van der Waals surface area contributed by atoms with Crippen LogP contribution in [0.1, 0.15) is 10.4 Å². The van der Waals surface area contributed by atoms with Crippen LogP contribution in [-0.4, -0.2) is 18.0 Å². The molecule has 0 saturated carbocycles. The summed E-state index contributed by atoms with van der Waals surface area (Å²) in [6.45, 7) is 0. The van der Waals surface area contributed by atoms with Crippen molar-refractivity contribution in [1.82, 2.24) is 5.32 Å². The second-order valence-corrected chi connectivity index (χ2v) is 5.09. The van der Waals surface area contributed by atoms with E-state index < -0.39 is 18.0 Å². The number of hydrogen-bond acceptors (Lipinski definition) is 3. The number of anilines is 1. The Morgan fingerprint density at radius 3 is 1.83 bits per heavy atom. The van der Waals surface area contributed by atoms with Gasteiger partial charge in [0.2, 0.25) is 0 Å². The van der Waals surface area contributed by atoms with Gasteiger partial charge < -0.3 is 16.8 Å². The molecular weight excluding hydrogens is 355 g/mol. The normalized spacial score (nSPS) is 9.25. The van der Waals surface area contributed by atoms with Crippen LogP contribution in [0.5, 0.6) is 0 Å². The lowest BCUT2D eigenvalue weighted by atomic mass is 10.2. The van der Waals surface area contributed by atoms with E-state index in [1.807, 2.05) is 6.07 Å². The SMILES string of the molecule is NC(N)=O.O=C(NC(=O)c1c(Cl)cccc1Cl)Nc1ccccc1. The van der Waals surface area contributed by atoms with Crippen molar-refractivity contribution in [3.63, 3.8) is 0 Å². The van der Waals surface area contributed by atoms with Crippen LogP contribution in [0.4, 0.5) is 15.3 Å². The fourth-order valence-electron chi connectivity index (χ4n) is 1.56. The maximum Gasteiger partial charge on any atom is 0.326 e. The van der Waals surface area contributed by atoms with E-state index in [-0.39, 0.29) is 15.6 Å². The maximum atomic E-state index is 11.9. The van der Waals surface area contributed by atoms with Crippen LogP contribution in [0.25, 0.3) is 0 Å². The Hall–Kier alpha value is -2.77. The molecule has 24 heavy (non-hydrogen) atoms. The van der Waals surface area contributed by atoms with Crippen molar-refractivity contribution >= 4 is 46.9 Å². The third-order valence-corrected chi connectivity index (χ3v) is 3.08. The number of imide groups is 1. The van der Waals surface area contributed by atoms with Crippen LogP contribution in [0.3, 0.4) is 0 Å². The van der Waals surface area contributed by atoms with Crippen molar-refractivity contribution in [3.05, 3.63) is 64.1 Å². The highest BCUT2D eigenvalue weighted by atomic mass is 35.5. The minimum absolute atomic E-state index is 0.0686. The molecule has 0 aliphatic carbocycles. The van der Waals surface area contributed by atoms with Crippen LogP contribution >= 0.6 is 23.2 Å². The highest BCUT2D eigenvalue weighted by Gasteiger charge is 2.16. The second kappa shape index (κ2) is 9.39. The van der Waals surface area contributed by atoms with E-state index in [9.17, 15) is 9.59 Å². The Labute approximate surface area is 147 Å². The molecule has 0 radical (unpaired) electrons. The number of para-hydroxylation sites is 1. The van der Waals surface area contributed by atoms with Crippen molar-refractivity contribution in [1.29, 1.82) is 0 Å². The zero-order chi connectivity index (χ0) is 18.1. The minimum Gasteiger partial charge on any atom is -0.352 e. The Kier molecular flexibility index (Phi) is 7.54. The van der Waals surface area contributed by atoms with Crippen molar-refractivity contribution in [2.45, 2.75) is 0 Å². The van der Waals surface area contributed by atoms with E-state index >= 15 is 0 Å². The average molecular weight is 369 g/mol. The highest BCUT2D eigenvalue weighted by molar-refractivity contribution is 6.40. The molecule has 0 saturated heterocycles. The zero-order valence-corrected chi connectivity index (χ0v) is 13.8. The van der Waals surface area contributed by atoms with Gasteiger partial charge >= 0.3 is 12.1 Å². The molecule has 0 fully saturated rings. The van der Waals surface area contributed by atoms with Gasteiger partial charge in [0.25, 0.3) is 5.91 Å². The van der Waals surface area contributed by atoms with E-state index in [1.165, 1.54) is 12.1 Å². The highest BCUT2D eigenvalue weighted by Crippen LogP contribution is 2.23. The van der Waals surface area contributed by atoms with Crippen molar-refractivity contribution < 1.29 is 14.4 Å². The number of urea groups is 2. The van der Waals surface area contributed by atoms with Gasteiger partial charge in [-0.25, -0.2) is 9.59 Å². The largest absolute Gasteiger partial charge is 0.352 e. The number of hydrogen-bond donors (Lipinski definition) is 4. The molecule has 6 N–H and O–H groups in total. The standard InChI is InChI=1S/C14H10Cl2N2O2.CH4N2O/c15-10-7-4-8-11(16)12(10)13(19)18-14(20)17-9-5-2-1-3-6-9;2-1(3)4/h1-8H,(H2,17,18,19,20);(H4,2,3,4). The second-order valence-electron chi connectivity index (χ2n) is 4.27. The topological polar surface area (TPSA) is 127 Å². The van der Waals surface area contributed by atoms with Crippen LogP contribution in [0.15, 0.2) is 48.5 Å². The van der Waals surface area contributed by atoms with E-state index in [4.69, 9.17) is 28.0 Å². The molecule has 0 aliphatic heterocycles. The summed E-state index contributed by atoms with van der Waals surface area (Å²) in [7, 11) is 0. The smallest absolute Gasteiger partial charge is 0.326 e. The molecule has 2 rings (SSSR count). The van der Waals surface area contributed by atoms with Gasteiger partial charge in [-0.1, -0.05) is 47.5 Å². The summed E-state index contributed by atoms with van der Waals surface area (Å²) in [4.78, 5) is 32.6. The first-order valence-electron chi connectivity index (χ1n) is 6.47. The molecule has 2 aromatic rings. The van der Waals surface area contributed by atoms with Crippen LogP contribution in [0, 0.1) is 0 Å². The van der Waals surface area contributed by atoms with Gasteiger partial charge in [-0.05, 0) is 24.3 Å². The van der Waals surface area contributed by atoms with Crippen molar-refractivity contribution in [3.8, 4) is 0 Å². The number of halogens is 2. The molecule has 0 aromatic heterocycles. The van der Waals surface area contributed by atoms with Gasteiger partial charge in [-0.3, -0.25) is 10.1 Å². The number of nitrogens with two attached hydrogens (primary N) is 2. The van der Waals surface area contributed by atoms with E-state index in [1.54, 1.807) is 30.3 Å². The lowest BCUT2D eigenvalue weighted by Gasteiger charge is -2.08. The van der Waals surface area contributed by atoms with Gasteiger partial charge in [-0.15, -0.1) is 0 Å². The number of carbonyl (C=O) groups is 3. The lowest BCUT2D eigenvalue weighted by Crippen LogP contribution is -2.34. The Bertz CT molecular complexity index is 715. The number of carbonyl (C=O) groups excluding carboxylic acids is 3. The summed E-state index contributed by atoms with van der Waals surface area (Å²) in [5.41, 5.74) is 9.14. The van der Waals surface area contributed by atoms with Gasteiger partial charge in [0.1, 0.15) is 0 Å². The number of amides is 5. The molecule has 7 nitrogen and oxygen atoms in total. The van der Waals surface area contributed by atoms with Crippen molar-refractivity contribution in [2.75, 3.05) is 5.32 Å². The van der Waals surface area contributed by atoms with Gasteiger partial charge in [0.15, 0.2) is 0 Å².